The molecule has 1 N–H and O–H groups in total. The molecule has 108 valence electrons. The average molecular weight is 267 g/mol. The third kappa shape index (κ3) is 3.71. The molecule has 2 atom stereocenters. The lowest BCUT2D eigenvalue weighted by atomic mass is 9.78. The van der Waals surface area contributed by atoms with Crippen LogP contribution in [0.4, 0.5) is 0 Å². The van der Waals surface area contributed by atoms with Crippen LogP contribution >= 0.6 is 0 Å². The molecule has 1 heterocycles. The van der Waals surface area contributed by atoms with E-state index >= 15 is 0 Å². The number of carboxylic acid groups (broad SMARTS) is 1. The molecular weight excluding hydrogens is 242 g/mol. The minimum atomic E-state index is -0.787. The smallest absolute Gasteiger partial charge is 0.307 e. The van der Waals surface area contributed by atoms with Crippen molar-refractivity contribution in [3.8, 4) is 0 Å². The fourth-order valence-corrected chi connectivity index (χ4v) is 3.42. The number of amides is 1. The lowest BCUT2D eigenvalue weighted by Crippen LogP contribution is -2.43. The molecule has 19 heavy (non-hydrogen) atoms. The third-order valence-electron chi connectivity index (χ3n) is 4.57. The predicted octanol–water partition coefficient (Wildman–Crippen LogP) is 2.67. The van der Waals surface area contributed by atoms with Gasteiger partial charge < -0.3 is 10.0 Å². The van der Waals surface area contributed by atoms with Crippen molar-refractivity contribution in [2.75, 3.05) is 13.1 Å². The Morgan fingerprint density at radius 3 is 1.89 bits per heavy atom. The summed E-state index contributed by atoms with van der Waals surface area (Å²) in [5.74, 6) is -1.41. The van der Waals surface area contributed by atoms with E-state index in [1.807, 2.05) is 4.90 Å². The van der Waals surface area contributed by atoms with E-state index in [0.717, 1.165) is 45.2 Å². The van der Waals surface area contributed by atoms with Gasteiger partial charge in [0.1, 0.15) is 0 Å². The summed E-state index contributed by atoms with van der Waals surface area (Å²) in [7, 11) is 0. The van der Waals surface area contributed by atoms with Gasteiger partial charge in [-0.2, -0.15) is 0 Å². The summed E-state index contributed by atoms with van der Waals surface area (Å²) in [4.78, 5) is 25.8. The summed E-state index contributed by atoms with van der Waals surface area (Å²) >= 11 is 0. The normalized spacial score (nSPS) is 29.4. The standard InChI is InChI=1S/C15H25NO3/c17-14(16-10-6-2-1-3-7-11-16)12-8-4-5-9-13(12)15(18)19/h12-13H,1-11H2,(H,18,19)/t12-,13+/m1/s1. The van der Waals surface area contributed by atoms with Crippen molar-refractivity contribution in [3.05, 3.63) is 0 Å². The summed E-state index contributed by atoms with van der Waals surface area (Å²) in [6, 6.07) is 0. The van der Waals surface area contributed by atoms with Crippen molar-refractivity contribution in [2.24, 2.45) is 11.8 Å². The molecule has 2 aliphatic rings. The molecule has 0 aromatic heterocycles. The molecule has 1 amide bonds. The van der Waals surface area contributed by atoms with Crippen LogP contribution in [0.2, 0.25) is 0 Å². The number of aliphatic carboxylic acids is 1. The van der Waals surface area contributed by atoms with Crippen molar-refractivity contribution in [2.45, 2.75) is 57.8 Å². The van der Waals surface area contributed by atoms with Gasteiger partial charge in [-0.25, -0.2) is 0 Å². The van der Waals surface area contributed by atoms with Crippen molar-refractivity contribution in [3.63, 3.8) is 0 Å². The Morgan fingerprint density at radius 1 is 0.789 bits per heavy atom. The van der Waals surface area contributed by atoms with Gasteiger partial charge in [-0.3, -0.25) is 9.59 Å². The van der Waals surface area contributed by atoms with Gasteiger partial charge in [0, 0.05) is 13.1 Å². The third-order valence-corrected chi connectivity index (χ3v) is 4.57. The Bertz CT molecular complexity index is 321. The molecule has 0 aromatic carbocycles. The minimum absolute atomic E-state index is 0.106. The Labute approximate surface area is 115 Å². The Balaban J connectivity index is 2.00. The van der Waals surface area contributed by atoms with Crippen LogP contribution in [-0.2, 0) is 9.59 Å². The number of carboxylic acids is 1. The lowest BCUT2D eigenvalue weighted by molar-refractivity contribution is -0.152. The highest BCUT2D eigenvalue weighted by atomic mass is 16.4. The maximum absolute atomic E-state index is 12.6. The first-order chi connectivity index (χ1) is 9.20. The van der Waals surface area contributed by atoms with Crippen LogP contribution in [0.3, 0.4) is 0 Å². The zero-order chi connectivity index (χ0) is 13.7. The Morgan fingerprint density at radius 2 is 1.32 bits per heavy atom. The molecule has 4 heteroatoms. The highest BCUT2D eigenvalue weighted by Gasteiger charge is 2.37. The van der Waals surface area contributed by atoms with E-state index in [0.29, 0.717) is 6.42 Å². The molecular formula is C15H25NO3. The zero-order valence-electron chi connectivity index (χ0n) is 11.6. The van der Waals surface area contributed by atoms with Gasteiger partial charge in [-0.15, -0.1) is 0 Å². The summed E-state index contributed by atoms with van der Waals surface area (Å²) < 4.78 is 0. The Kier molecular flexibility index (Phi) is 5.23. The van der Waals surface area contributed by atoms with E-state index in [2.05, 4.69) is 0 Å². The van der Waals surface area contributed by atoms with Crippen LogP contribution in [-0.4, -0.2) is 35.0 Å². The van der Waals surface area contributed by atoms with Crippen LogP contribution in [0, 0.1) is 11.8 Å². The molecule has 0 unspecified atom stereocenters. The van der Waals surface area contributed by atoms with Gasteiger partial charge in [0.15, 0.2) is 0 Å². The number of carbonyl (C=O) groups excluding carboxylic acids is 1. The van der Waals surface area contributed by atoms with Gasteiger partial charge in [0.25, 0.3) is 0 Å². The van der Waals surface area contributed by atoms with Crippen molar-refractivity contribution >= 4 is 11.9 Å². The van der Waals surface area contributed by atoms with E-state index in [-0.39, 0.29) is 11.8 Å². The van der Waals surface area contributed by atoms with E-state index in [9.17, 15) is 14.7 Å². The number of carbonyl (C=O) groups is 2. The second-order valence-electron chi connectivity index (χ2n) is 5.93. The summed E-state index contributed by atoms with van der Waals surface area (Å²) in [5.41, 5.74) is 0. The predicted molar refractivity (Wildman–Crippen MR) is 72.7 cm³/mol. The summed E-state index contributed by atoms with van der Waals surface area (Å²) in [6.45, 7) is 1.64. The molecule has 2 rings (SSSR count). The second-order valence-corrected chi connectivity index (χ2v) is 5.93. The van der Waals surface area contributed by atoms with Crippen LogP contribution in [0.25, 0.3) is 0 Å². The Hall–Kier alpha value is -1.06. The summed E-state index contributed by atoms with van der Waals surface area (Å²) in [5, 5.41) is 9.29. The van der Waals surface area contributed by atoms with Gasteiger partial charge in [-0.05, 0) is 25.7 Å². The molecule has 0 radical (unpaired) electrons. The first-order valence-electron chi connectivity index (χ1n) is 7.72. The largest absolute Gasteiger partial charge is 0.481 e. The van der Waals surface area contributed by atoms with Gasteiger partial charge >= 0.3 is 5.97 Å². The molecule has 1 aliphatic carbocycles. The van der Waals surface area contributed by atoms with Crippen molar-refractivity contribution in [1.82, 2.24) is 4.90 Å². The lowest BCUT2D eigenvalue weighted by Gasteiger charge is -2.33. The fourth-order valence-electron chi connectivity index (χ4n) is 3.42. The van der Waals surface area contributed by atoms with E-state index in [4.69, 9.17) is 0 Å². The molecule has 1 aliphatic heterocycles. The molecule has 1 saturated carbocycles. The quantitative estimate of drug-likeness (QED) is 0.836. The number of likely N-dealkylation sites (tertiary alicyclic amines) is 1. The van der Waals surface area contributed by atoms with Crippen molar-refractivity contribution in [1.29, 1.82) is 0 Å². The zero-order valence-corrected chi connectivity index (χ0v) is 11.6. The number of rotatable bonds is 2. The van der Waals surface area contributed by atoms with E-state index in [1.165, 1.54) is 19.3 Å². The molecule has 0 aromatic rings. The van der Waals surface area contributed by atoms with Crippen LogP contribution in [0.5, 0.6) is 0 Å². The number of hydrogen-bond donors (Lipinski definition) is 1. The molecule has 0 bridgehead atoms. The SMILES string of the molecule is O=C(O)[C@H]1CCCC[C@H]1C(=O)N1CCCCCCC1. The van der Waals surface area contributed by atoms with Crippen LogP contribution < -0.4 is 0 Å². The van der Waals surface area contributed by atoms with Gasteiger partial charge in [0.2, 0.25) is 5.91 Å². The maximum atomic E-state index is 12.6. The van der Waals surface area contributed by atoms with Crippen LogP contribution in [0.1, 0.15) is 57.8 Å². The molecule has 1 saturated heterocycles. The summed E-state index contributed by atoms with van der Waals surface area (Å²) in [6.07, 6.45) is 9.14. The number of nitrogens with zero attached hydrogens (tertiary/aromatic N) is 1. The monoisotopic (exact) mass is 267 g/mol. The first kappa shape index (κ1) is 14.4. The van der Waals surface area contributed by atoms with Crippen LogP contribution in [0.15, 0.2) is 0 Å². The van der Waals surface area contributed by atoms with Crippen molar-refractivity contribution < 1.29 is 14.7 Å². The molecule has 0 spiro atoms. The highest BCUT2D eigenvalue weighted by molar-refractivity contribution is 5.85. The van der Waals surface area contributed by atoms with Gasteiger partial charge in [-0.1, -0.05) is 32.1 Å². The maximum Gasteiger partial charge on any atom is 0.307 e. The highest BCUT2D eigenvalue weighted by Crippen LogP contribution is 2.32. The molecule has 2 fully saturated rings. The van der Waals surface area contributed by atoms with Gasteiger partial charge in [0.05, 0.1) is 11.8 Å². The van der Waals surface area contributed by atoms with E-state index < -0.39 is 11.9 Å². The minimum Gasteiger partial charge on any atom is -0.481 e. The second kappa shape index (κ2) is 6.92. The average Bonchev–Trinajstić information content (AvgIpc) is 2.37. The molecule has 4 nitrogen and oxygen atoms in total. The number of hydrogen-bond acceptors (Lipinski definition) is 2. The first-order valence-corrected chi connectivity index (χ1v) is 7.72. The van der Waals surface area contributed by atoms with E-state index in [1.54, 1.807) is 0 Å². The topological polar surface area (TPSA) is 57.6 Å². The fraction of sp³-hybridized carbons (Fsp3) is 0.867.